The molecule has 0 aromatic heterocycles. The second kappa shape index (κ2) is 32.2. The molecule has 9 heteroatoms. The molecule has 2 atom stereocenters. The zero-order valence-electron chi connectivity index (χ0n) is 31.2. The Bertz CT molecular complexity index is 812. The summed E-state index contributed by atoms with van der Waals surface area (Å²) in [6.45, 7) is 5.31. The Hall–Kier alpha value is -1.02. The van der Waals surface area contributed by atoms with Gasteiger partial charge in [0.2, 0.25) is 0 Å². The largest absolute Gasteiger partial charge is 0.756 e. The Morgan fingerprint density at radius 3 is 1.70 bits per heavy atom. The van der Waals surface area contributed by atoms with Gasteiger partial charge in [-0.3, -0.25) is 9.36 Å². The summed E-state index contributed by atoms with van der Waals surface area (Å²) in [4.78, 5) is 24.9. The van der Waals surface area contributed by atoms with Gasteiger partial charge in [0.1, 0.15) is 19.3 Å². The van der Waals surface area contributed by atoms with E-state index in [0.29, 0.717) is 24.1 Å². The molecule has 0 fully saturated rings. The van der Waals surface area contributed by atoms with Crippen LogP contribution in [-0.2, 0) is 27.9 Å². The third-order valence-corrected chi connectivity index (χ3v) is 8.92. The molecular weight excluding hydrogens is 613 g/mol. The van der Waals surface area contributed by atoms with Crippen molar-refractivity contribution in [1.29, 1.82) is 0 Å². The second-order valence-electron chi connectivity index (χ2n) is 13.9. The fourth-order valence-corrected chi connectivity index (χ4v) is 5.68. The molecule has 8 nitrogen and oxygen atoms in total. The molecule has 0 N–H and O–H groups in total. The van der Waals surface area contributed by atoms with Gasteiger partial charge in [-0.05, 0) is 57.8 Å². The molecule has 0 aliphatic rings. The number of phosphoric acid groups is 1. The molecule has 0 bridgehead atoms. The predicted octanol–water partition coefficient (Wildman–Crippen LogP) is 9.86. The topological polar surface area (TPSA) is 94.1 Å². The first-order valence-corrected chi connectivity index (χ1v) is 20.5. The normalized spacial score (nSPS) is 14.3. The number of carbonyl (C=O) groups is 1. The summed E-state index contributed by atoms with van der Waals surface area (Å²) in [7, 11) is 1.35. The fraction of sp³-hybridized carbons (Fsp3) is 0.868. The van der Waals surface area contributed by atoms with E-state index in [1.807, 2.05) is 21.1 Å². The first-order chi connectivity index (χ1) is 22.6. The van der Waals surface area contributed by atoms with Gasteiger partial charge in [0, 0.05) is 13.0 Å². The molecule has 0 amide bonds. The van der Waals surface area contributed by atoms with E-state index < -0.39 is 13.9 Å². The zero-order valence-corrected chi connectivity index (χ0v) is 32.1. The molecule has 278 valence electrons. The van der Waals surface area contributed by atoms with E-state index in [9.17, 15) is 14.3 Å². The summed E-state index contributed by atoms with van der Waals surface area (Å²) in [5.74, 6) is -0.347. The molecule has 0 aromatic carbocycles. The summed E-state index contributed by atoms with van der Waals surface area (Å²) in [6.07, 6.45) is 33.2. The summed E-state index contributed by atoms with van der Waals surface area (Å²) < 4.78 is 34.4. The zero-order chi connectivity index (χ0) is 34.9. The maximum absolute atomic E-state index is 12.6. The van der Waals surface area contributed by atoms with Gasteiger partial charge in [0.15, 0.2) is 0 Å². The Labute approximate surface area is 290 Å². The molecule has 0 radical (unpaired) electrons. The summed E-state index contributed by atoms with van der Waals surface area (Å²) in [5.41, 5.74) is 0. The Balaban J connectivity index is 4.32. The van der Waals surface area contributed by atoms with Gasteiger partial charge in [0.25, 0.3) is 7.82 Å². The van der Waals surface area contributed by atoms with Crippen molar-refractivity contribution >= 4 is 13.8 Å². The number of esters is 1. The maximum atomic E-state index is 12.6. The minimum absolute atomic E-state index is 0.0240. The van der Waals surface area contributed by atoms with E-state index in [2.05, 4.69) is 38.2 Å². The van der Waals surface area contributed by atoms with Crippen molar-refractivity contribution in [2.24, 2.45) is 0 Å². The highest BCUT2D eigenvalue weighted by molar-refractivity contribution is 7.45. The van der Waals surface area contributed by atoms with E-state index in [0.717, 1.165) is 44.9 Å². The van der Waals surface area contributed by atoms with Crippen molar-refractivity contribution in [3.63, 3.8) is 0 Å². The van der Waals surface area contributed by atoms with Crippen LogP contribution in [-0.4, -0.2) is 70.7 Å². The van der Waals surface area contributed by atoms with Crippen LogP contribution in [0.4, 0.5) is 0 Å². The lowest BCUT2D eigenvalue weighted by Crippen LogP contribution is -2.37. The average molecular weight is 688 g/mol. The number of unbranched alkanes of at least 4 members (excludes halogenated alkanes) is 17. The molecule has 0 aliphatic heterocycles. The molecule has 0 aromatic rings. The van der Waals surface area contributed by atoms with Crippen LogP contribution >= 0.6 is 7.82 Å². The molecule has 0 saturated heterocycles. The standard InChI is InChI=1S/C38H74NO7P/c1-6-8-10-12-14-16-18-19-20-21-23-25-27-29-31-38(40)46-37(36-45-47(41,42)44-34-32-39(3,4)5)35-43-33-30-28-26-24-22-17-15-13-11-9-7-2/h11,13,18-19,37H,6-10,12,14-17,20-36H2,1-5H3/b13-11-,19-18-. The van der Waals surface area contributed by atoms with Gasteiger partial charge in [-0.2, -0.15) is 0 Å². The number of quaternary nitrogens is 1. The highest BCUT2D eigenvalue weighted by atomic mass is 31.2. The number of rotatable bonds is 35. The van der Waals surface area contributed by atoms with Crippen LogP contribution in [0.3, 0.4) is 0 Å². The molecule has 0 spiro atoms. The van der Waals surface area contributed by atoms with Crippen molar-refractivity contribution in [3.05, 3.63) is 24.3 Å². The number of hydrogen-bond acceptors (Lipinski definition) is 7. The van der Waals surface area contributed by atoms with Crippen molar-refractivity contribution < 1.29 is 37.3 Å². The molecule has 0 rings (SSSR count). The van der Waals surface area contributed by atoms with E-state index in [-0.39, 0.29) is 25.8 Å². The molecular formula is C38H74NO7P. The van der Waals surface area contributed by atoms with Crippen molar-refractivity contribution in [3.8, 4) is 0 Å². The van der Waals surface area contributed by atoms with Crippen LogP contribution in [0.2, 0.25) is 0 Å². The summed E-state index contributed by atoms with van der Waals surface area (Å²) >= 11 is 0. The minimum atomic E-state index is -4.52. The third kappa shape index (κ3) is 36.1. The minimum Gasteiger partial charge on any atom is -0.756 e. The summed E-state index contributed by atoms with van der Waals surface area (Å²) in [5, 5.41) is 0. The van der Waals surface area contributed by atoms with Crippen molar-refractivity contribution in [2.75, 3.05) is 54.1 Å². The SMILES string of the molecule is CCC/C=C\CCCCCCCCOCC(COP(=O)([O-])OCC[N+](C)(C)C)OC(=O)CCCCCCC/C=C\CCCCCCC. The number of hydrogen-bond donors (Lipinski definition) is 0. The molecule has 0 saturated carbocycles. The lowest BCUT2D eigenvalue weighted by atomic mass is 10.1. The van der Waals surface area contributed by atoms with Gasteiger partial charge in [0.05, 0.1) is 34.4 Å². The number of carbonyl (C=O) groups excluding carboxylic acids is 1. The lowest BCUT2D eigenvalue weighted by Gasteiger charge is -2.28. The lowest BCUT2D eigenvalue weighted by molar-refractivity contribution is -0.870. The molecule has 47 heavy (non-hydrogen) atoms. The van der Waals surface area contributed by atoms with Gasteiger partial charge in [-0.15, -0.1) is 0 Å². The first kappa shape index (κ1) is 46.0. The van der Waals surface area contributed by atoms with Gasteiger partial charge in [-0.1, -0.05) is 115 Å². The van der Waals surface area contributed by atoms with Crippen LogP contribution in [0.1, 0.15) is 155 Å². The highest BCUT2D eigenvalue weighted by Gasteiger charge is 2.20. The Morgan fingerprint density at radius 2 is 1.15 bits per heavy atom. The van der Waals surface area contributed by atoms with E-state index in [1.54, 1.807) is 0 Å². The van der Waals surface area contributed by atoms with E-state index in [4.69, 9.17) is 18.5 Å². The van der Waals surface area contributed by atoms with Crippen LogP contribution in [0.25, 0.3) is 0 Å². The smallest absolute Gasteiger partial charge is 0.306 e. The molecule has 2 unspecified atom stereocenters. The quantitative estimate of drug-likeness (QED) is 0.0215. The van der Waals surface area contributed by atoms with Crippen LogP contribution in [0.15, 0.2) is 24.3 Å². The molecule has 0 heterocycles. The van der Waals surface area contributed by atoms with Crippen LogP contribution < -0.4 is 4.89 Å². The number of ether oxygens (including phenoxy) is 2. The van der Waals surface area contributed by atoms with Crippen molar-refractivity contribution in [1.82, 2.24) is 0 Å². The van der Waals surface area contributed by atoms with Gasteiger partial charge >= 0.3 is 5.97 Å². The van der Waals surface area contributed by atoms with Crippen LogP contribution in [0, 0.1) is 0 Å². The van der Waals surface area contributed by atoms with E-state index in [1.165, 1.54) is 89.9 Å². The fourth-order valence-electron chi connectivity index (χ4n) is 4.95. The third-order valence-electron chi connectivity index (χ3n) is 7.96. The number of likely N-dealkylation sites (N-methyl/N-ethyl adjacent to an activating group) is 1. The number of allylic oxidation sites excluding steroid dienone is 4. The second-order valence-corrected chi connectivity index (χ2v) is 15.3. The molecule has 0 aliphatic carbocycles. The first-order valence-electron chi connectivity index (χ1n) is 19.1. The average Bonchev–Trinajstić information content (AvgIpc) is 3.01. The number of nitrogens with zero attached hydrogens (tertiary/aromatic N) is 1. The maximum Gasteiger partial charge on any atom is 0.306 e. The highest BCUT2D eigenvalue weighted by Crippen LogP contribution is 2.38. The Kier molecular flexibility index (Phi) is 31.5. The van der Waals surface area contributed by atoms with Gasteiger partial charge < -0.3 is 27.9 Å². The van der Waals surface area contributed by atoms with Crippen molar-refractivity contribution in [2.45, 2.75) is 161 Å². The monoisotopic (exact) mass is 688 g/mol. The summed E-state index contributed by atoms with van der Waals surface area (Å²) in [6, 6.07) is 0. The number of phosphoric ester groups is 1. The van der Waals surface area contributed by atoms with Crippen LogP contribution in [0.5, 0.6) is 0 Å². The van der Waals surface area contributed by atoms with E-state index >= 15 is 0 Å². The predicted molar refractivity (Wildman–Crippen MR) is 194 cm³/mol. The Morgan fingerprint density at radius 1 is 0.638 bits per heavy atom. The van der Waals surface area contributed by atoms with Gasteiger partial charge in [-0.25, -0.2) is 0 Å².